The van der Waals surface area contributed by atoms with Crippen molar-refractivity contribution >= 4 is 11.0 Å². The quantitative estimate of drug-likeness (QED) is 0.700. The fraction of sp³-hybridized carbons (Fsp3) is 0.429. The van der Waals surface area contributed by atoms with Crippen LogP contribution in [0, 0.1) is 19.8 Å². The van der Waals surface area contributed by atoms with Crippen LogP contribution >= 0.6 is 0 Å². The second kappa shape index (κ2) is 5.73. The number of benzene rings is 1. The zero-order chi connectivity index (χ0) is 17.8. The molecule has 0 N–H and O–H groups in total. The van der Waals surface area contributed by atoms with Gasteiger partial charge in [-0.1, -0.05) is 0 Å². The van der Waals surface area contributed by atoms with Gasteiger partial charge in [-0.05, 0) is 69.4 Å². The van der Waals surface area contributed by atoms with E-state index in [1.807, 2.05) is 12.1 Å². The van der Waals surface area contributed by atoms with Crippen LogP contribution in [-0.2, 0) is 0 Å². The minimum atomic E-state index is 0.397. The van der Waals surface area contributed by atoms with Gasteiger partial charge in [-0.3, -0.25) is 0 Å². The first kappa shape index (κ1) is 15.7. The fourth-order valence-electron chi connectivity index (χ4n) is 3.94. The smallest absolute Gasteiger partial charge is 0.162 e. The van der Waals surface area contributed by atoms with E-state index in [1.54, 1.807) is 0 Å². The van der Waals surface area contributed by atoms with Crippen molar-refractivity contribution in [3.05, 3.63) is 35.5 Å². The Kier molecular flexibility index (Phi) is 3.45. The molecule has 1 unspecified atom stereocenters. The maximum atomic E-state index is 5.74. The van der Waals surface area contributed by atoms with Crippen molar-refractivity contribution in [2.75, 3.05) is 13.2 Å². The highest BCUT2D eigenvalue weighted by Gasteiger charge is 2.31. The van der Waals surface area contributed by atoms with Crippen LogP contribution in [0.25, 0.3) is 22.3 Å². The third kappa shape index (κ3) is 2.45. The zero-order valence-electron chi connectivity index (χ0n) is 15.5. The standard InChI is InChI=1S/C21H23N3O2/c1-12-10-17(16-6-7-18-19(11-16)26-9-8-25-18)22-21-20(12)13(2)23-24(21)14(3)15-4-5-15/h6-7,10-11,14-15H,4-5,8-9H2,1-3H3. The summed E-state index contributed by atoms with van der Waals surface area (Å²) >= 11 is 0. The lowest BCUT2D eigenvalue weighted by molar-refractivity contribution is 0.171. The van der Waals surface area contributed by atoms with Crippen molar-refractivity contribution in [2.45, 2.75) is 39.7 Å². The number of rotatable bonds is 3. The van der Waals surface area contributed by atoms with Crippen LogP contribution in [-0.4, -0.2) is 28.0 Å². The molecule has 1 aliphatic heterocycles. The molecule has 1 atom stereocenters. The molecule has 0 spiro atoms. The van der Waals surface area contributed by atoms with Crippen molar-refractivity contribution < 1.29 is 9.47 Å². The molecule has 5 heteroatoms. The molecule has 3 heterocycles. The van der Waals surface area contributed by atoms with E-state index in [0.29, 0.717) is 19.3 Å². The van der Waals surface area contributed by atoms with Crippen molar-refractivity contribution in [1.82, 2.24) is 14.8 Å². The SMILES string of the molecule is Cc1cc(-c2ccc3c(c2)OCCO3)nc2c1c(C)nn2C(C)C1CC1. The maximum absolute atomic E-state index is 5.74. The molecule has 5 rings (SSSR count). The monoisotopic (exact) mass is 349 g/mol. The Morgan fingerprint density at radius 2 is 1.85 bits per heavy atom. The maximum Gasteiger partial charge on any atom is 0.162 e. The molecular formula is C21H23N3O2. The Hall–Kier alpha value is -2.56. The molecule has 0 radical (unpaired) electrons. The highest BCUT2D eigenvalue weighted by molar-refractivity contribution is 5.85. The van der Waals surface area contributed by atoms with E-state index in [1.165, 1.54) is 23.8 Å². The summed E-state index contributed by atoms with van der Waals surface area (Å²) in [5.74, 6) is 2.34. The van der Waals surface area contributed by atoms with Gasteiger partial charge in [0.1, 0.15) is 13.2 Å². The number of aromatic nitrogens is 3. The number of hydrogen-bond acceptors (Lipinski definition) is 4. The molecule has 2 aliphatic rings. The second-order valence-corrected chi connectivity index (χ2v) is 7.49. The lowest BCUT2D eigenvalue weighted by Gasteiger charge is -2.19. The highest BCUT2D eigenvalue weighted by atomic mass is 16.6. The number of aryl methyl sites for hydroxylation is 2. The molecule has 1 aliphatic carbocycles. The molecule has 1 aromatic carbocycles. The average molecular weight is 349 g/mol. The average Bonchev–Trinajstić information content (AvgIpc) is 3.44. The van der Waals surface area contributed by atoms with Crippen LogP contribution in [0.15, 0.2) is 24.3 Å². The Morgan fingerprint density at radius 1 is 1.08 bits per heavy atom. The van der Waals surface area contributed by atoms with Crippen molar-refractivity contribution in [3.63, 3.8) is 0 Å². The van der Waals surface area contributed by atoms with Gasteiger partial charge in [0.2, 0.25) is 0 Å². The number of ether oxygens (including phenoxy) is 2. The summed E-state index contributed by atoms with van der Waals surface area (Å²) in [5, 5.41) is 6.01. The van der Waals surface area contributed by atoms with Crippen LogP contribution < -0.4 is 9.47 Å². The van der Waals surface area contributed by atoms with Crippen LogP contribution in [0.2, 0.25) is 0 Å². The predicted molar refractivity (Wildman–Crippen MR) is 101 cm³/mol. The lowest BCUT2D eigenvalue weighted by Crippen LogP contribution is -2.15. The van der Waals surface area contributed by atoms with Crippen LogP contribution in [0.5, 0.6) is 11.5 Å². The van der Waals surface area contributed by atoms with E-state index in [0.717, 1.165) is 40.0 Å². The van der Waals surface area contributed by atoms with Gasteiger partial charge >= 0.3 is 0 Å². The number of nitrogens with zero attached hydrogens (tertiary/aromatic N) is 3. The van der Waals surface area contributed by atoms with Gasteiger partial charge in [-0.15, -0.1) is 0 Å². The second-order valence-electron chi connectivity index (χ2n) is 7.49. The molecular weight excluding hydrogens is 326 g/mol. The van der Waals surface area contributed by atoms with Crippen LogP contribution in [0.4, 0.5) is 0 Å². The van der Waals surface area contributed by atoms with Gasteiger partial charge in [-0.2, -0.15) is 5.10 Å². The molecule has 0 bridgehead atoms. The van der Waals surface area contributed by atoms with Gasteiger partial charge in [-0.25, -0.2) is 9.67 Å². The Bertz CT molecular complexity index is 1000. The number of hydrogen-bond donors (Lipinski definition) is 0. The molecule has 0 amide bonds. The molecule has 1 saturated carbocycles. The normalized spacial score (nSPS) is 17.5. The Morgan fingerprint density at radius 3 is 2.62 bits per heavy atom. The van der Waals surface area contributed by atoms with E-state index >= 15 is 0 Å². The van der Waals surface area contributed by atoms with Crippen molar-refractivity contribution in [1.29, 1.82) is 0 Å². The molecule has 134 valence electrons. The van der Waals surface area contributed by atoms with Crippen LogP contribution in [0.1, 0.15) is 37.1 Å². The molecule has 3 aromatic rings. The third-order valence-electron chi connectivity index (χ3n) is 5.56. The van der Waals surface area contributed by atoms with Crippen molar-refractivity contribution in [3.8, 4) is 22.8 Å². The molecule has 0 saturated heterocycles. The summed E-state index contributed by atoms with van der Waals surface area (Å²) < 4.78 is 13.5. The molecule has 2 aromatic heterocycles. The third-order valence-corrected chi connectivity index (χ3v) is 5.56. The summed E-state index contributed by atoms with van der Waals surface area (Å²) in [4.78, 5) is 5.01. The van der Waals surface area contributed by atoms with Crippen LogP contribution in [0.3, 0.4) is 0 Å². The minimum Gasteiger partial charge on any atom is -0.486 e. The number of fused-ring (bicyclic) bond motifs is 2. The predicted octanol–water partition coefficient (Wildman–Crippen LogP) is 4.46. The topological polar surface area (TPSA) is 49.2 Å². The largest absolute Gasteiger partial charge is 0.486 e. The van der Waals surface area contributed by atoms with Gasteiger partial charge < -0.3 is 9.47 Å². The summed E-state index contributed by atoms with van der Waals surface area (Å²) in [6, 6.07) is 8.60. The van der Waals surface area contributed by atoms with Gasteiger partial charge in [0.05, 0.1) is 17.4 Å². The van der Waals surface area contributed by atoms with E-state index in [9.17, 15) is 0 Å². The first-order valence-corrected chi connectivity index (χ1v) is 9.38. The van der Waals surface area contributed by atoms with E-state index in [-0.39, 0.29) is 0 Å². The van der Waals surface area contributed by atoms with Gasteiger partial charge in [0.25, 0.3) is 0 Å². The fourth-order valence-corrected chi connectivity index (χ4v) is 3.94. The summed E-state index contributed by atoms with van der Waals surface area (Å²) in [5.41, 5.74) is 5.27. The summed E-state index contributed by atoms with van der Waals surface area (Å²) in [6.07, 6.45) is 2.59. The summed E-state index contributed by atoms with van der Waals surface area (Å²) in [6.45, 7) is 7.68. The number of pyridine rings is 1. The van der Waals surface area contributed by atoms with Gasteiger partial charge in [0, 0.05) is 10.9 Å². The van der Waals surface area contributed by atoms with E-state index in [2.05, 4.69) is 37.6 Å². The Labute approximate surface area is 152 Å². The lowest BCUT2D eigenvalue weighted by atomic mass is 10.1. The van der Waals surface area contributed by atoms with Gasteiger partial charge in [0.15, 0.2) is 17.1 Å². The minimum absolute atomic E-state index is 0.397. The molecule has 1 fully saturated rings. The van der Waals surface area contributed by atoms with Crippen molar-refractivity contribution in [2.24, 2.45) is 5.92 Å². The summed E-state index contributed by atoms with van der Waals surface area (Å²) in [7, 11) is 0. The first-order valence-electron chi connectivity index (χ1n) is 9.38. The molecule has 26 heavy (non-hydrogen) atoms. The van der Waals surface area contributed by atoms with E-state index in [4.69, 9.17) is 19.6 Å². The first-order chi connectivity index (χ1) is 12.6. The highest BCUT2D eigenvalue weighted by Crippen LogP contribution is 2.41. The van der Waals surface area contributed by atoms with E-state index < -0.39 is 0 Å². The zero-order valence-corrected chi connectivity index (χ0v) is 15.5. The molecule has 5 nitrogen and oxygen atoms in total. The Balaban J connectivity index is 1.65.